The molecule has 1 aromatic carbocycles. The first-order chi connectivity index (χ1) is 10.1. The highest BCUT2D eigenvalue weighted by Crippen LogP contribution is 2.32. The fourth-order valence-electron chi connectivity index (χ4n) is 2.89. The van der Waals surface area contributed by atoms with E-state index in [2.05, 4.69) is 4.72 Å². The van der Waals surface area contributed by atoms with E-state index >= 15 is 0 Å². The van der Waals surface area contributed by atoms with Gasteiger partial charge in [0.1, 0.15) is 0 Å². The summed E-state index contributed by atoms with van der Waals surface area (Å²) in [5, 5.41) is 9.12. The number of hydrogen-bond acceptors (Lipinski definition) is 3. The van der Waals surface area contributed by atoms with E-state index in [-0.39, 0.29) is 11.5 Å². The molecule has 1 fully saturated rings. The molecule has 0 bridgehead atoms. The quantitative estimate of drug-likeness (QED) is 0.849. The minimum absolute atomic E-state index is 0.185. The van der Waals surface area contributed by atoms with Crippen molar-refractivity contribution in [2.75, 3.05) is 6.61 Å². The van der Waals surface area contributed by atoms with Gasteiger partial charge in [0, 0.05) is 6.04 Å². The van der Waals surface area contributed by atoms with Gasteiger partial charge in [-0.05, 0) is 42.9 Å². The summed E-state index contributed by atoms with van der Waals surface area (Å²) in [5.41, 5.74) is 1.24. The van der Waals surface area contributed by atoms with E-state index in [4.69, 9.17) is 5.11 Å². The predicted octanol–water partition coefficient (Wildman–Crippen LogP) is 2.78. The second-order valence-electron chi connectivity index (χ2n) is 5.81. The summed E-state index contributed by atoms with van der Waals surface area (Å²) in [6, 6.07) is 6.80. The number of nitrogens with one attached hydrogen (secondary N) is 1. The van der Waals surface area contributed by atoms with Gasteiger partial charge in [0.25, 0.3) is 0 Å². The van der Waals surface area contributed by atoms with Crippen molar-refractivity contribution in [1.29, 1.82) is 0 Å². The predicted molar refractivity (Wildman–Crippen MR) is 83.8 cm³/mol. The van der Waals surface area contributed by atoms with Crippen LogP contribution in [0.15, 0.2) is 29.2 Å². The van der Waals surface area contributed by atoms with Crippen LogP contribution < -0.4 is 4.72 Å². The maximum Gasteiger partial charge on any atom is 0.240 e. The van der Waals surface area contributed by atoms with Crippen molar-refractivity contribution < 1.29 is 13.5 Å². The van der Waals surface area contributed by atoms with Gasteiger partial charge in [-0.15, -0.1) is 0 Å². The molecule has 2 N–H and O–H groups in total. The molecule has 0 amide bonds. The van der Waals surface area contributed by atoms with Crippen molar-refractivity contribution in [3.8, 4) is 0 Å². The molecular weight excluding hydrogens is 286 g/mol. The van der Waals surface area contributed by atoms with Crippen LogP contribution in [0.3, 0.4) is 0 Å². The number of benzene rings is 1. The van der Waals surface area contributed by atoms with Gasteiger partial charge in [0.2, 0.25) is 10.0 Å². The van der Waals surface area contributed by atoms with E-state index < -0.39 is 16.1 Å². The molecule has 5 heteroatoms. The number of sulfonamides is 1. The van der Waals surface area contributed by atoms with Crippen LogP contribution in [-0.4, -0.2) is 26.2 Å². The Hall–Kier alpha value is -0.910. The molecule has 4 nitrogen and oxygen atoms in total. The first-order valence-electron chi connectivity index (χ1n) is 7.80. The average Bonchev–Trinajstić information content (AvgIpc) is 2.53. The summed E-state index contributed by atoms with van der Waals surface area (Å²) >= 11 is 0. The largest absolute Gasteiger partial charge is 0.395 e. The average molecular weight is 311 g/mol. The Kier molecular flexibility index (Phi) is 5.79. The van der Waals surface area contributed by atoms with E-state index in [0.717, 1.165) is 0 Å². The summed E-state index contributed by atoms with van der Waals surface area (Å²) in [6.07, 6.45) is 6.81. The molecule has 1 aromatic rings. The zero-order valence-corrected chi connectivity index (χ0v) is 13.4. The Morgan fingerprint density at radius 3 is 2.33 bits per heavy atom. The first kappa shape index (κ1) is 16.5. The summed E-state index contributed by atoms with van der Waals surface area (Å²) in [7, 11) is -3.54. The highest BCUT2D eigenvalue weighted by molar-refractivity contribution is 7.89. The number of hydrogen-bond donors (Lipinski definition) is 2. The van der Waals surface area contributed by atoms with Crippen LogP contribution in [-0.2, 0) is 10.0 Å². The topological polar surface area (TPSA) is 66.4 Å². The molecule has 0 unspecified atom stereocenters. The Bertz CT molecular complexity index is 529. The Morgan fingerprint density at radius 2 is 1.81 bits per heavy atom. The fourth-order valence-corrected chi connectivity index (χ4v) is 4.20. The molecule has 1 saturated carbocycles. The molecule has 21 heavy (non-hydrogen) atoms. The molecule has 1 aliphatic carbocycles. The third kappa shape index (κ3) is 4.28. The van der Waals surface area contributed by atoms with Crippen LogP contribution in [0, 0.1) is 0 Å². The lowest BCUT2D eigenvalue weighted by Crippen LogP contribution is -2.36. The Labute approximate surface area is 127 Å². The van der Waals surface area contributed by atoms with Gasteiger partial charge in [-0.25, -0.2) is 13.1 Å². The Balaban J connectivity index is 2.10. The van der Waals surface area contributed by atoms with Crippen molar-refractivity contribution in [2.45, 2.75) is 62.3 Å². The standard InChI is InChI=1S/C16H25NO3S/c1-2-15(12-18)17-21(19,20)16-10-8-14(9-11-16)13-6-4-3-5-7-13/h8-11,13,15,17-18H,2-7,12H2,1H3/t15-/m1/s1. The first-order valence-corrected chi connectivity index (χ1v) is 9.28. The number of aliphatic hydroxyl groups is 1. The van der Waals surface area contributed by atoms with Crippen molar-refractivity contribution in [1.82, 2.24) is 4.72 Å². The highest BCUT2D eigenvalue weighted by atomic mass is 32.2. The maximum atomic E-state index is 12.2. The molecule has 2 rings (SSSR count). The molecule has 0 heterocycles. The van der Waals surface area contributed by atoms with Crippen LogP contribution in [0.2, 0.25) is 0 Å². The molecule has 1 aliphatic rings. The summed E-state index contributed by atoms with van der Waals surface area (Å²) in [5.74, 6) is 0.573. The van der Waals surface area contributed by atoms with Crippen LogP contribution in [0.5, 0.6) is 0 Å². The molecule has 0 radical (unpaired) electrons. The van der Waals surface area contributed by atoms with E-state index in [1.165, 1.54) is 37.7 Å². The van der Waals surface area contributed by atoms with Gasteiger partial charge in [0.05, 0.1) is 11.5 Å². The molecule has 1 atom stereocenters. The van der Waals surface area contributed by atoms with Gasteiger partial charge < -0.3 is 5.11 Å². The lowest BCUT2D eigenvalue weighted by atomic mass is 9.84. The van der Waals surface area contributed by atoms with Gasteiger partial charge in [-0.3, -0.25) is 0 Å². The third-order valence-corrected chi connectivity index (χ3v) is 5.84. The van der Waals surface area contributed by atoms with E-state index in [1.807, 2.05) is 19.1 Å². The van der Waals surface area contributed by atoms with E-state index in [1.54, 1.807) is 12.1 Å². The molecule has 0 aliphatic heterocycles. The summed E-state index contributed by atoms with van der Waals surface area (Å²) in [6.45, 7) is 1.66. The third-order valence-electron chi connectivity index (χ3n) is 4.30. The molecule has 0 saturated heterocycles. The van der Waals surface area contributed by atoms with Crippen molar-refractivity contribution in [3.05, 3.63) is 29.8 Å². The van der Waals surface area contributed by atoms with Crippen molar-refractivity contribution in [2.24, 2.45) is 0 Å². The van der Waals surface area contributed by atoms with Crippen LogP contribution in [0.1, 0.15) is 56.9 Å². The van der Waals surface area contributed by atoms with Gasteiger partial charge in [0.15, 0.2) is 0 Å². The second kappa shape index (κ2) is 7.38. The van der Waals surface area contributed by atoms with Gasteiger partial charge >= 0.3 is 0 Å². The van der Waals surface area contributed by atoms with Gasteiger partial charge in [-0.2, -0.15) is 0 Å². The van der Waals surface area contributed by atoms with Crippen LogP contribution in [0.25, 0.3) is 0 Å². The Morgan fingerprint density at radius 1 is 1.19 bits per heavy atom. The molecule has 0 aromatic heterocycles. The normalized spacial score (nSPS) is 18.6. The van der Waals surface area contributed by atoms with Gasteiger partial charge in [-0.1, -0.05) is 38.3 Å². The maximum absolute atomic E-state index is 12.2. The SMILES string of the molecule is CC[C@H](CO)NS(=O)(=O)c1ccc(C2CCCCC2)cc1. The fraction of sp³-hybridized carbons (Fsp3) is 0.625. The monoisotopic (exact) mass is 311 g/mol. The number of rotatable bonds is 6. The summed E-state index contributed by atoms with van der Waals surface area (Å²) in [4.78, 5) is 0.272. The molecule has 118 valence electrons. The zero-order valence-electron chi connectivity index (χ0n) is 12.6. The molecule has 0 spiro atoms. The minimum Gasteiger partial charge on any atom is -0.395 e. The van der Waals surface area contributed by atoms with Crippen molar-refractivity contribution >= 4 is 10.0 Å². The van der Waals surface area contributed by atoms with E-state index in [9.17, 15) is 8.42 Å². The lowest BCUT2D eigenvalue weighted by molar-refractivity contribution is 0.254. The van der Waals surface area contributed by atoms with Crippen molar-refractivity contribution in [3.63, 3.8) is 0 Å². The smallest absolute Gasteiger partial charge is 0.240 e. The second-order valence-corrected chi connectivity index (χ2v) is 7.53. The van der Waals surface area contributed by atoms with Crippen LogP contribution in [0.4, 0.5) is 0 Å². The zero-order chi connectivity index (χ0) is 15.3. The lowest BCUT2D eigenvalue weighted by Gasteiger charge is -2.22. The number of aliphatic hydroxyl groups excluding tert-OH is 1. The minimum atomic E-state index is -3.54. The van der Waals surface area contributed by atoms with E-state index in [0.29, 0.717) is 12.3 Å². The molecular formula is C16H25NO3S. The highest BCUT2D eigenvalue weighted by Gasteiger charge is 2.20. The van der Waals surface area contributed by atoms with Crippen LogP contribution >= 0.6 is 0 Å². The summed E-state index contributed by atoms with van der Waals surface area (Å²) < 4.78 is 27.0.